The number of aryl methyl sites for hydroxylation is 1. The molecule has 1 aromatic carbocycles. The summed E-state index contributed by atoms with van der Waals surface area (Å²) in [6.45, 7) is 8.43. The van der Waals surface area contributed by atoms with E-state index in [-0.39, 0.29) is 22.5 Å². The van der Waals surface area contributed by atoms with Crippen LogP contribution >= 0.6 is 0 Å². The van der Waals surface area contributed by atoms with Crippen LogP contribution in [-0.2, 0) is 22.5 Å². The molecule has 0 aromatic heterocycles. The summed E-state index contributed by atoms with van der Waals surface area (Å²) in [5.74, 6) is 0.928. The van der Waals surface area contributed by atoms with Crippen LogP contribution in [0.15, 0.2) is 17.1 Å². The van der Waals surface area contributed by atoms with Crippen LogP contribution in [0.5, 0.6) is 5.75 Å². The molecule has 1 aliphatic rings. The maximum absolute atomic E-state index is 10.5. The molecule has 1 saturated carbocycles. The van der Waals surface area contributed by atoms with Gasteiger partial charge in [-0.05, 0) is 42.7 Å². The van der Waals surface area contributed by atoms with Crippen LogP contribution in [-0.4, -0.2) is 11.3 Å². The van der Waals surface area contributed by atoms with Gasteiger partial charge in [-0.15, -0.1) is 0 Å². The molecule has 0 amide bonds. The second-order valence-electron chi connectivity index (χ2n) is 7.11. The summed E-state index contributed by atoms with van der Waals surface area (Å²) in [5, 5.41) is 10.5. The van der Waals surface area contributed by atoms with Gasteiger partial charge in [0.05, 0.1) is 0 Å². The quantitative estimate of drug-likeness (QED) is 0.578. The average Bonchev–Trinajstić information content (AvgIpc) is 2.39. The zero-order chi connectivity index (χ0) is 14.8. The van der Waals surface area contributed by atoms with E-state index in [1.807, 2.05) is 6.07 Å². The predicted octanol–water partition coefficient (Wildman–Crippen LogP) is 5.28. The molecule has 0 aliphatic heterocycles. The van der Waals surface area contributed by atoms with E-state index >= 15 is 0 Å². The molecule has 0 atom stereocenters. The Morgan fingerprint density at radius 3 is 2.33 bits per heavy atom. The van der Waals surface area contributed by atoms with Crippen molar-refractivity contribution in [3.8, 4) is 5.75 Å². The van der Waals surface area contributed by atoms with Crippen molar-refractivity contribution >= 4 is 11.9 Å². The normalized spacial score (nSPS) is 17.0. The molecule has 1 fully saturated rings. The number of hydrogen-bond acceptors (Lipinski definition) is 2. The van der Waals surface area contributed by atoms with Crippen molar-refractivity contribution in [2.75, 3.05) is 0 Å². The minimum Gasteiger partial charge on any atom is -0.505 e. The summed E-state index contributed by atoms with van der Waals surface area (Å²) in [6.07, 6.45) is 8.51. The monoisotopic (exact) mass is 336 g/mol. The molecule has 21 heavy (non-hydrogen) atoms. The number of rotatable bonds is 2. The van der Waals surface area contributed by atoms with E-state index in [2.05, 4.69) is 45.0 Å². The molecule has 1 radical (unpaired) electrons. The molecule has 3 heteroatoms. The summed E-state index contributed by atoms with van der Waals surface area (Å²) in [6, 6.07) is 4.04. The van der Waals surface area contributed by atoms with Crippen molar-refractivity contribution < 1.29 is 22.2 Å². The van der Waals surface area contributed by atoms with Crippen LogP contribution in [0.25, 0.3) is 0 Å². The maximum atomic E-state index is 10.5. The molecule has 2 rings (SSSR count). The molecular weight excluding hydrogens is 310 g/mol. The largest absolute Gasteiger partial charge is 0.505 e. The van der Waals surface area contributed by atoms with E-state index in [0.717, 1.165) is 16.8 Å². The zero-order valence-electron chi connectivity index (χ0n) is 13.5. The Balaban J connectivity index is 0.00000220. The number of aliphatic imine (C=N–C) groups is 1. The average molecular weight is 337 g/mol. The third-order valence-electron chi connectivity index (χ3n) is 4.12. The van der Waals surface area contributed by atoms with Crippen molar-refractivity contribution in [1.82, 2.24) is 0 Å². The Bertz CT molecular complexity index is 497. The first kappa shape index (κ1) is 18.3. The third kappa shape index (κ3) is 4.86. The van der Waals surface area contributed by atoms with E-state index in [1.165, 1.54) is 32.1 Å². The Hall–Kier alpha value is -0.791. The summed E-state index contributed by atoms with van der Waals surface area (Å²) in [4.78, 5) is 4.59. The molecule has 2 nitrogen and oxygen atoms in total. The van der Waals surface area contributed by atoms with Gasteiger partial charge in [-0.25, -0.2) is 0 Å². The maximum Gasteiger partial charge on any atom is 0.144 e. The van der Waals surface area contributed by atoms with Crippen LogP contribution < -0.4 is 0 Å². The van der Waals surface area contributed by atoms with Crippen molar-refractivity contribution in [3.05, 3.63) is 23.3 Å². The van der Waals surface area contributed by atoms with Crippen LogP contribution in [0.2, 0.25) is 0 Å². The van der Waals surface area contributed by atoms with Gasteiger partial charge in [-0.1, -0.05) is 46.1 Å². The second-order valence-corrected chi connectivity index (χ2v) is 7.11. The number of phenolic OH excluding ortho intramolecular Hbond substituents is 1. The number of aromatic hydroxyl groups is 1. The second kappa shape index (κ2) is 7.47. The molecule has 1 aromatic rings. The smallest absolute Gasteiger partial charge is 0.144 e. The Labute approximate surface area is 139 Å². The van der Waals surface area contributed by atoms with Gasteiger partial charge in [0.15, 0.2) is 0 Å². The van der Waals surface area contributed by atoms with Gasteiger partial charge in [-0.2, -0.15) is 0 Å². The first-order valence-corrected chi connectivity index (χ1v) is 7.76. The molecule has 1 N–H and O–H groups in total. The first-order chi connectivity index (χ1) is 9.38. The van der Waals surface area contributed by atoms with Crippen LogP contribution in [0, 0.1) is 12.8 Å². The van der Waals surface area contributed by atoms with E-state index in [4.69, 9.17) is 0 Å². The Morgan fingerprint density at radius 1 is 1.14 bits per heavy atom. The van der Waals surface area contributed by atoms with Crippen LogP contribution in [0.3, 0.4) is 0 Å². The van der Waals surface area contributed by atoms with E-state index in [9.17, 15) is 5.11 Å². The minimum absolute atomic E-state index is 0. The van der Waals surface area contributed by atoms with Gasteiger partial charge in [0.1, 0.15) is 11.4 Å². The van der Waals surface area contributed by atoms with Crippen LogP contribution in [0.4, 0.5) is 5.69 Å². The molecule has 0 saturated heterocycles. The van der Waals surface area contributed by atoms with Crippen molar-refractivity contribution in [2.24, 2.45) is 10.9 Å². The molecule has 0 spiro atoms. The number of phenols is 1. The van der Waals surface area contributed by atoms with Crippen molar-refractivity contribution in [2.45, 2.75) is 65.2 Å². The van der Waals surface area contributed by atoms with Gasteiger partial charge in [-0.3, -0.25) is 4.99 Å². The fourth-order valence-corrected chi connectivity index (χ4v) is 2.90. The standard InChI is InChI=1S/C18H27NO.Cu/c1-13-10-15(18(2,3)4)17(20)16(11-13)19-12-14-8-6-5-7-9-14;/h10-12,14,20H,5-9H2,1-4H3;. The Kier molecular flexibility index (Phi) is 6.49. The third-order valence-corrected chi connectivity index (χ3v) is 4.12. The fourth-order valence-electron chi connectivity index (χ4n) is 2.90. The van der Waals surface area contributed by atoms with Gasteiger partial charge < -0.3 is 5.11 Å². The predicted molar refractivity (Wildman–Crippen MR) is 86.3 cm³/mol. The van der Waals surface area contributed by atoms with Gasteiger partial charge >= 0.3 is 0 Å². The molecule has 0 heterocycles. The molecule has 0 bridgehead atoms. The molecule has 1 aliphatic carbocycles. The van der Waals surface area contributed by atoms with E-state index < -0.39 is 0 Å². The molecule has 121 valence electrons. The first-order valence-electron chi connectivity index (χ1n) is 7.76. The minimum atomic E-state index is -0.0643. The van der Waals surface area contributed by atoms with Crippen LogP contribution in [0.1, 0.15) is 64.0 Å². The van der Waals surface area contributed by atoms with Gasteiger partial charge in [0.2, 0.25) is 0 Å². The molecule has 0 unspecified atom stereocenters. The van der Waals surface area contributed by atoms with E-state index in [0.29, 0.717) is 11.7 Å². The van der Waals surface area contributed by atoms with Crippen molar-refractivity contribution in [3.63, 3.8) is 0 Å². The fraction of sp³-hybridized carbons (Fsp3) is 0.611. The van der Waals surface area contributed by atoms with Gasteiger partial charge in [0, 0.05) is 28.8 Å². The van der Waals surface area contributed by atoms with Crippen molar-refractivity contribution in [1.29, 1.82) is 0 Å². The summed E-state index contributed by atoms with van der Waals surface area (Å²) in [7, 11) is 0. The Morgan fingerprint density at radius 2 is 1.76 bits per heavy atom. The summed E-state index contributed by atoms with van der Waals surface area (Å²) >= 11 is 0. The topological polar surface area (TPSA) is 32.6 Å². The SMILES string of the molecule is Cc1cc(N=CC2CCCCC2)c(O)c(C(C)(C)C)c1.[Cu]. The summed E-state index contributed by atoms with van der Waals surface area (Å²) in [5.41, 5.74) is 2.79. The number of nitrogens with zero attached hydrogens (tertiary/aromatic N) is 1. The van der Waals surface area contributed by atoms with E-state index in [1.54, 1.807) is 0 Å². The van der Waals surface area contributed by atoms with Gasteiger partial charge in [0.25, 0.3) is 0 Å². The molecular formula is C18H27CuNO. The number of benzene rings is 1. The zero-order valence-corrected chi connectivity index (χ0v) is 14.5. The summed E-state index contributed by atoms with van der Waals surface area (Å²) < 4.78 is 0. The number of hydrogen-bond donors (Lipinski definition) is 1.